The monoisotopic (exact) mass is 341 g/mol. The van der Waals surface area contributed by atoms with E-state index in [4.69, 9.17) is 34.8 Å². The van der Waals surface area contributed by atoms with Crippen LogP contribution in [0.5, 0.6) is 0 Å². The number of carbonyl (C=O) groups is 1. The lowest BCUT2D eigenvalue weighted by atomic mass is 10.2. The molecule has 1 aliphatic heterocycles. The molecule has 0 spiro atoms. The number of alkyl halides is 3. The first-order valence-electron chi connectivity index (χ1n) is 5.30. The van der Waals surface area contributed by atoms with E-state index >= 15 is 0 Å². The summed E-state index contributed by atoms with van der Waals surface area (Å²) in [6, 6.07) is 8.63. The van der Waals surface area contributed by atoms with Gasteiger partial charge in [-0.15, -0.1) is 0 Å². The summed E-state index contributed by atoms with van der Waals surface area (Å²) in [5.41, 5.74) is 0.637. The molecule has 1 aliphatic rings. The zero-order valence-corrected chi connectivity index (χ0v) is 12.9. The van der Waals surface area contributed by atoms with Crippen LogP contribution < -0.4 is 0 Å². The average molecular weight is 343 g/mol. The van der Waals surface area contributed by atoms with Crippen molar-refractivity contribution in [3.63, 3.8) is 0 Å². The molecule has 1 unspecified atom stereocenters. The maximum atomic E-state index is 12.2. The van der Waals surface area contributed by atoms with E-state index in [0.29, 0.717) is 9.87 Å². The van der Waals surface area contributed by atoms with E-state index < -0.39 is 24.5 Å². The van der Waals surface area contributed by atoms with Gasteiger partial charge in [-0.05, 0) is 12.5 Å². The van der Waals surface area contributed by atoms with E-state index in [9.17, 15) is 13.2 Å². The van der Waals surface area contributed by atoms with Gasteiger partial charge in [-0.25, -0.2) is 12.7 Å². The lowest BCUT2D eigenvalue weighted by molar-refractivity contribution is -0.126. The Morgan fingerprint density at radius 2 is 1.68 bits per heavy atom. The SMILES string of the molecule is CC1(Cl)C(Cl)(Cl)C(=O)N(Cc2ccccc2)S1(=O)=O. The first-order chi connectivity index (χ1) is 8.62. The molecule has 8 heteroatoms. The predicted molar refractivity (Wildman–Crippen MR) is 74.6 cm³/mol. The number of nitrogens with zero attached hydrogens (tertiary/aromatic N) is 1. The summed E-state index contributed by atoms with van der Waals surface area (Å²) in [5, 5.41) is 0. The van der Waals surface area contributed by atoms with Crippen LogP contribution in [0.3, 0.4) is 0 Å². The fourth-order valence-corrected chi connectivity index (χ4v) is 4.45. The minimum atomic E-state index is -4.14. The zero-order chi connectivity index (χ0) is 14.5. The molecule has 1 aromatic rings. The van der Waals surface area contributed by atoms with E-state index in [1.807, 2.05) is 0 Å². The van der Waals surface area contributed by atoms with Crippen LogP contribution in [0.4, 0.5) is 0 Å². The number of amides is 1. The van der Waals surface area contributed by atoms with Crippen molar-refractivity contribution in [2.75, 3.05) is 0 Å². The van der Waals surface area contributed by atoms with E-state index in [1.165, 1.54) is 0 Å². The maximum absolute atomic E-state index is 12.2. The summed E-state index contributed by atoms with van der Waals surface area (Å²) in [6.07, 6.45) is 0. The summed E-state index contributed by atoms with van der Waals surface area (Å²) in [6.45, 7) is 0.971. The van der Waals surface area contributed by atoms with Crippen molar-refractivity contribution >= 4 is 50.7 Å². The fourth-order valence-electron chi connectivity index (χ4n) is 1.73. The van der Waals surface area contributed by atoms with E-state index in [-0.39, 0.29) is 6.54 Å². The number of sulfonamides is 1. The van der Waals surface area contributed by atoms with Crippen LogP contribution >= 0.6 is 34.8 Å². The molecule has 0 saturated carbocycles. The van der Waals surface area contributed by atoms with Crippen molar-refractivity contribution in [2.24, 2.45) is 0 Å². The Hall–Kier alpha value is -0.490. The maximum Gasteiger partial charge on any atom is 0.275 e. The third kappa shape index (κ3) is 2.03. The van der Waals surface area contributed by atoms with Crippen molar-refractivity contribution in [1.82, 2.24) is 4.31 Å². The molecule has 1 aromatic carbocycles. The van der Waals surface area contributed by atoms with Gasteiger partial charge in [-0.3, -0.25) is 4.79 Å². The molecule has 0 aliphatic carbocycles. The van der Waals surface area contributed by atoms with Crippen LogP contribution in [0.25, 0.3) is 0 Å². The summed E-state index contributed by atoms with van der Waals surface area (Å²) in [4.78, 5) is 12.1. The van der Waals surface area contributed by atoms with Gasteiger partial charge >= 0.3 is 0 Å². The summed E-state index contributed by atoms with van der Waals surface area (Å²) >= 11 is 17.5. The average Bonchev–Trinajstić information content (AvgIpc) is 2.42. The van der Waals surface area contributed by atoms with Gasteiger partial charge in [0.25, 0.3) is 15.9 Å². The van der Waals surface area contributed by atoms with Crippen LogP contribution in [0.2, 0.25) is 0 Å². The number of hydrogen-bond donors (Lipinski definition) is 0. The second kappa shape index (κ2) is 4.52. The summed E-state index contributed by atoms with van der Waals surface area (Å²) < 4.78 is 20.8. The van der Waals surface area contributed by atoms with Crippen molar-refractivity contribution in [3.8, 4) is 0 Å². The van der Waals surface area contributed by atoms with Gasteiger partial charge < -0.3 is 0 Å². The molecule has 1 saturated heterocycles. The molecule has 2 rings (SSSR count). The van der Waals surface area contributed by atoms with Crippen LogP contribution in [0.1, 0.15) is 12.5 Å². The number of carbonyl (C=O) groups excluding carboxylic acids is 1. The van der Waals surface area contributed by atoms with E-state index in [0.717, 1.165) is 6.92 Å². The topological polar surface area (TPSA) is 54.5 Å². The second-order valence-corrected chi connectivity index (χ2v) is 8.81. The zero-order valence-electron chi connectivity index (χ0n) is 9.81. The molecule has 0 aromatic heterocycles. The lowest BCUT2D eigenvalue weighted by Crippen LogP contribution is -2.41. The van der Waals surface area contributed by atoms with Gasteiger partial charge in [0, 0.05) is 0 Å². The van der Waals surface area contributed by atoms with Crippen molar-refractivity contribution in [1.29, 1.82) is 0 Å². The fraction of sp³-hybridized carbons (Fsp3) is 0.364. The molecule has 1 fully saturated rings. The minimum absolute atomic E-state index is 0.147. The van der Waals surface area contributed by atoms with Crippen molar-refractivity contribution in [3.05, 3.63) is 35.9 Å². The van der Waals surface area contributed by atoms with Gasteiger partial charge in [-0.1, -0.05) is 65.1 Å². The van der Waals surface area contributed by atoms with Gasteiger partial charge in [0.1, 0.15) is 0 Å². The quantitative estimate of drug-likeness (QED) is 0.776. The Morgan fingerprint density at radius 1 is 1.16 bits per heavy atom. The molecule has 1 amide bonds. The van der Waals surface area contributed by atoms with Crippen LogP contribution in [0, 0.1) is 0 Å². The highest BCUT2D eigenvalue weighted by Gasteiger charge is 2.69. The first kappa shape index (κ1) is 14.9. The predicted octanol–water partition coefficient (Wildman–Crippen LogP) is 2.49. The molecule has 104 valence electrons. The van der Waals surface area contributed by atoms with Gasteiger partial charge in [0.15, 0.2) is 0 Å². The van der Waals surface area contributed by atoms with Gasteiger partial charge in [0.05, 0.1) is 6.54 Å². The molecule has 0 N–H and O–H groups in total. The normalized spacial score (nSPS) is 28.6. The highest BCUT2D eigenvalue weighted by atomic mass is 35.5. The van der Waals surface area contributed by atoms with Crippen molar-refractivity contribution in [2.45, 2.75) is 22.0 Å². The molecule has 0 radical (unpaired) electrons. The highest BCUT2D eigenvalue weighted by molar-refractivity contribution is 7.93. The van der Waals surface area contributed by atoms with Crippen molar-refractivity contribution < 1.29 is 13.2 Å². The second-order valence-electron chi connectivity index (χ2n) is 4.29. The molecule has 0 bridgehead atoms. The van der Waals surface area contributed by atoms with Crippen LogP contribution in [0.15, 0.2) is 30.3 Å². The van der Waals surface area contributed by atoms with Gasteiger partial charge in [0.2, 0.25) is 8.54 Å². The Labute approximate surface area is 126 Å². The largest absolute Gasteiger partial charge is 0.275 e. The number of rotatable bonds is 2. The molecule has 4 nitrogen and oxygen atoms in total. The van der Waals surface area contributed by atoms with Crippen LogP contribution in [-0.4, -0.2) is 27.2 Å². The molecule has 1 atom stereocenters. The summed E-state index contributed by atoms with van der Waals surface area (Å²) in [7, 11) is -4.14. The third-order valence-corrected chi connectivity index (χ3v) is 7.52. The first-order valence-corrected chi connectivity index (χ1v) is 7.87. The Balaban J connectivity index is 2.45. The van der Waals surface area contributed by atoms with E-state index in [1.54, 1.807) is 30.3 Å². The number of benzene rings is 1. The third-order valence-electron chi connectivity index (χ3n) is 3.00. The molecule has 19 heavy (non-hydrogen) atoms. The van der Waals surface area contributed by atoms with Crippen LogP contribution in [-0.2, 0) is 21.4 Å². The lowest BCUT2D eigenvalue weighted by Gasteiger charge is -2.21. The minimum Gasteiger partial charge on any atom is -0.270 e. The highest BCUT2D eigenvalue weighted by Crippen LogP contribution is 2.51. The standard InChI is InChI=1S/C11H10Cl3NO3S/c1-10(12)11(13,14)9(16)15(19(10,17)18)7-8-5-3-2-4-6-8/h2-6H,7H2,1H3. The smallest absolute Gasteiger partial charge is 0.270 e. The Morgan fingerprint density at radius 3 is 2.11 bits per heavy atom. The molecule has 1 heterocycles. The Bertz CT molecular complexity index is 613. The summed E-state index contributed by atoms with van der Waals surface area (Å²) in [5.74, 6) is -0.933. The molecular formula is C11H10Cl3NO3S. The van der Waals surface area contributed by atoms with Gasteiger partial charge in [-0.2, -0.15) is 0 Å². The number of hydrogen-bond acceptors (Lipinski definition) is 3. The number of halogens is 3. The molecular weight excluding hydrogens is 333 g/mol. The Kier molecular flexibility index (Phi) is 3.54. The van der Waals surface area contributed by atoms with E-state index in [2.05, 4.69) is 0 Å².